The highest BCUT2D eigenvalue weighted by atomic mass is 16.6. The van der Waals surface area contributed by atoms with E-state index in [9.17, 15) is 20.1 Å². The van der Waals surface area contributed by atoms with E-state index in [1.54, 1.807) is 18.2 Å². The molecule has 0 spiro atoms. The molecule has 0 saturated carbocycles. The maximum atomic E-state index is 12.4. The van der Waals surface area contributed by atoms with Crippen molar-refractivity contribution in [3.05, 3.63) is 30.5 Å². The predicted molar refractivity (Wildman–Crippen MR) is 151 cm³/mol. The van der Waals surface area contributed by atoms with Crippen LogP contribution < -0.4 is 4.74 Å². The Morgan fingerprint density at radius 1 is 1.14 bits per heavy atom. The average molecular weight is 588 g/mol. The van der Waals surface area contributed by atoms with Gasteiger partial charge in [0.2, 0.25) is 0 Å². The molecule has 2 fully saturated rings. The van der Waals surface area contributed by atoms with Gasteiger partial charge in [-0.05, 0) is 45.7 Å². The minimum Gasteiger partial charge on any atom is -0.497 e. The predicted octanol–water partition coefficient (Wildman–Crippen LogP) is 2.16. The summed E-state index contributed by atoms with van der Waals surface area (Å²) in [6, 6.07) is 6.45. The molecular weight excluding hydrogens is 546 g/mol. The Labute approximate surface area is 245 Å². The van der Waals surface area contributed by atoms with Crippen LogP contribution in [0.2, 0.25) is 0 Å². The number of aromatic nitrogens is 3. The van der Waals surface area contributed by atoms with E-state index in [1.807, 2.05) is 45.0 Å². The minimum absolute atomic E-state index is 0.191. The monoisotopic (exact) mass is 587 g/mol. The van der Waals surface area contributed by atoms with Gasteiger partial charge in [0, 0.05) is 37.4 Å². The van der Waals surface area contributed by atoms with Crippen molar-refractivity contribution in [3.63, 3.8) is 0 Å². The summed E-state index contributed by atoms with van der Waals surface area (Å²) in [6.07, 6.45) is -0.600. The molecule has 0 radical (unpaired) electrons. The number of benzene rings is 1. The lowest BCUT2D eigenvalue weighted by Gasteiger charge is -2.42. The third-order valence-electron chi connectivity index (χ3n) is 8.04. The number of amides is 1. The smallest absolute Gasteiger partial charge is 0.410 e. The van der Waals surface area contributed by atoms with Crippen molar-refractivity contribution >= 4 is 11.8 Å². The highest BCUT2D eigenvalue weighted by molar-refractivity contribution is 5.88. The molecule has 13 heteroatoms. The summed E-state index contributed by atoms with van der Waals surface area (Å²) in [4.78, 5) is 19.9. The maximum absolute atomic E-state index is 12.4. The van der Waals surface area contributed by atoms with Crippen LogP contribution in [0.3, 0.4) is 0 Å². The highest BCUT2D eigenvalue weighted by Gasteiger charge is 2.47. The molecule has 0 aliphatic carbocycles. The number of hydrogen-bond donors (Lipinski definition) is 3. The van der Waals surface area contributed by atoms with E-state index in [0.717, 1.165) is 24.1 Å². The fourth-order valence-electron chi connectivity index (χ4n) is 5.82. The first kappa shape index (κ1) is 30.2. The van der Waals surface area contributed by atoms with Crippen LogP contribution in [0, 0.1) is 5.92 Å². The van der Waals surface area contributed by atoms with Crippen LogP contribution in [-0.2, 0) is 14.3 Å². The molecule has 2 saturated heterocycles. The van der Waals surface area contributed by atoms with E-state index in [-0.39, 0.29) is 18.1 Å². The molecule has 1 aromatic heterocycles. The van der Waals surface area contributed by atoms with Crippen molar-refractivity contribution in [1.82, 2.24) is 19.9 Å². The van der Waals surface area contributed by atoms with Crippen molar-refractivity contribution in [1.29, 1.82) is 0 Å². The molecule has 230 valence electrons. The molecule has 4 heterocycles. The van der Waals surface area contributed by atoms with Crippen LogP contribution in [0.15, 0.2) is 35.6 Å². The first-order valence-electron chi connectivity index (χ1n) is 14.5. The second-order valence-corrected chi connectivity index (χ2v) is 12.2. The molecule has 1 aromatic carbocycles. The Morgan fingerprint density at radius 3 is 2.57 bits per heavy atom. The van der Waals surface area contributed by atoms with E-state index < -0.39 is 42.7 Å². The molecular formula is C29H41N5O8. The highest BCUT2D eigenvalue weighted by Crippen LogP contribution is 2.35. The molecule has 5 rings (SSSR count). The quantitative estimate of drug-likeness (QED) is 0.438. The summed E-state index contributed by atoms with van der Waals surface area (Å²) >= 11 is 0. The van der Waals surface area contributed by atoms with E-state index in [4.69, 9.17) is 19.0 Å². The summed E-state index contributed by atoms with van der Waals surface area (Å²) in [6.45, 7) is 6.30. The van der Waals surface area contributed by atoms with Gasteiger partial charge in [0.05, 0.1) is 31.7 Å². The Hall–Kier alpha value is -3.26. The van der Waals surface area contributed by atoms with Gasteiger partial charge in [0.25, 0.3) is 0 Å². The van der Waals surface area contributed by atoms with Crippen LogP contribution in [0.1, 0.15) is 52.5 Å². The number of methoxy groups -OCH3 is 1. The van der Waals surface area contributed by atoms with Gasteiger partial charge in [0.15, 0.2) is 0 Å². The molecule has 0 bridgehead atoms. The molecule has 3 aliphatic rings. The third-order valence-corrected chi connectivity index (χ3v) is 8.04. The number of aliphatic hydroxyl groups is 3. The number of rotatable bonds is 7. The van der Waals surface area contributed by atoms with Gasteiger partial charge in [0.1, 0.15) is 47.5 Å². The Balaban J connectivity index is 1.20. The summed E-state index contributed by atoms with van der Waals surface area (Å²) in [5, 5.41) is 45.1. The molecule has 1 amide bonds. The lowest BCUT2D eigenvalue weighted by atomic mass is 9.86. The van der Waals surface area contributed by atoms with Crippen molar-refractivity contribution in [3.8, 4) is 17.0 Å². The van der Waals surface area contributed by atoms with Crippen LogP contribution in [0.5, 0.6) is 5.75 Å². The molecule has 1 unspecified atom stereocenters. The van der Waals surface area contributed by atoms with Gasteiger partial charge in [-0.1, -0.05) is 22.5 Å². The first-order valence-corrected chi connectivity index (χ1v) is 14.5. The van der Waals surface area contributed by atoms with E-state index in [2.05, 4.69) is 15.5 Å². The van der Waals surface area contributed by atoms with Crippen LogP contribution in [0.25, 0.3) is 11.3 Å². The zero-order chi connectivity index (χ0) is 30.0. The van der Waals surface area contributed by atoms with Crippen molar-refractivity contribution in [2.45, 2.75) is 88.6 Å². The molecule has 6 atom stereocenters. The number of carbonyl (C=O) groups excluding carboxylic acids is 1. The normalized spacial score (nSPS) is 28.7. The fourth-order valence-corrected chi connectivity index (χ4v) is 5.82. The molecule has 13 nitrogen and oxygen atoms in total. The van der Waals surface area contributed by atoms with Gasteiger partial charge in [-0.2, -0.15) is 0 Å². The number of likely N-dealkylation sites (tertiary alicyclic amines) is 1. The number of ether oxygens (including phenoxy) is 3. The third kappa shape index (κ3) is 6.69. The number of carbonyl (C=O) groups is 1. The minimum atomic E-state index is -1.22. The van der Waals surface area contributed by atoms with Gasteiger partial charge in [-0.15, -0.1) is 5.10 Å². The zero-order valence-electron chi connectivity index (χ0n) is 24.5. The first-order chi connectivity index (χ1) is 20.1. The Morgan fingerprint density at radius 2 is 1.88 bits per heavy atom. The molecule has 2 aromatic rings. The van der Waals surface area contributed by atoms with E-state index in [0.29, 0.717) is 37.4 Å². The van der Waals surface area contributed by atoms with Crippen molar-refractivity contribution < 1.29 is 39.2 Å². The number of oxime groups is 1. The molecule has 3 N–H and O–H groups in total. The van der Waals surface area contributed by atoms with E-state index in [1.165, 1.54) is 4.68 Å². The lowest BCUT2D eigenvalue weighted by Crippen LogP contribution is -2.56. The van der Waals surface area contributed by atoms with Gasteiger partial charge < -0.3 is 39.3 Å². The summed E-state index contributed by atoms with van der Waals surface area (Å²) in [5.74, 6) is 0.858. The number of hydrogen-bond acceptors (Lipinski definition) is 11. The maximum Gasteiger partial charge on any atom is 0.410 e. The van der Waals surface area contributed by atoms with Crippen molar-refractivity contribution in [2.24, 2.45) is 11.1 Å². The van der Waals surface area contributed by atoms with Crippen molar-refractivity contribution in [2.75, 3.05) is 26.8 Å². The van der Waals surface area contributed by atoms with Gasteiger partial charge in [-0.3, -0.25) is 0 Å². The Bertz CT molecular complexity index is 1250. The van der Waals surface area contributed by atoms with E-state index >= 15 is 0 Å². The largest absolute Gasteiger partial charge is 0.497 e. The molecule has 3 aliphatic heterocycles. The fraction of sp³-hybridized carbons (Fsp3) is 0.655. The second-order valence-electron chi connectivity index (χ2n) is 12.2. The standard InChI is InChI=1S/C29H41N5O8/c1-29(2,3)41-28(38)33-10-8-17(9-11-33)21-13-20(42-31-21)14-23-26(36)25(27(37)24(16-35)40-23)34-15-22(30-32-34)18-6-5-7-19(12-18)39-4/h5-7,12,15,17,20,23-27,35-37H,8-11,13-14,16H2,1-4H3/t20?,23-,24-,25-,26+,27+/m1/s1. The second kappa shape index (κ2) is 12.5. The lowest BCUT2D eigenvalue weighted by molar-refractivity contribution is -0.212. The summed E-state index contributed by atoms with van der Waals surface area (Å²) < 4.78 is 18.2. The van der Waals surface area contributed by atoms with Crippen LogP contribution >= 0.6 is 0 Å². The SMILES string of the molecule is COc1cccc(-c2cn([C@H]3[C@@H](O)[C@@H](CO)O[C@H](CC4CC(C5CCN(C(=O)OC(C)(C)C)CC5)=NO4)[C@@H]3O)nn2)c1. The number of nitrogens with zero attached hydrogens (tertiary/aromatic N) is 5. The topological polar surface area (TPSA) is 161 Å². The van der Waals surface area contributed by atoms with Gasteiger partial charge >= 0.3 is 6.09 Å². The molecule has 42 heavy (non-hydrogen) atoms. The van der Waals surface area contributed by atoms with Crippen LogP contribution in [-0.4, -0.2) is 110 Å². The Kier molecular flexibility index (Phi) is 9.02. The number of piperidine rings is 1. The average Bonchev–Trinajstić information content (AvgIpc) is 3.64. The van der Waals surface area contributed by atoms with Gasteiger partial charge in [-0.25, -0.2) is 9.48 Å². The zero-order valence-corrected chi connectivity index (χ0v) is 24.5. The number of aliphatic hydroxyl groups excluding tert-OH is 3. The summed E-state index contributed by atoms with van der Waals surface area (Å²) in [5.41, 5.74) is 1.72. The van der Waals surface area contributed by atoms with Crippen LogP contribution in [0.4, 0.5) is 4.79 Å². The summed E-state index contributed by atoms with van der Waals surface area (Å²) in [7, 11) is 1.58.